The third-order valence-corrected chi connectivity index (χ3v) is 2.92. The molecule has 84 valence electrons. The maximum Gasteiger partial charge on any atom is 0.309 e. The number of hydrogen-bond acceptors (Lipinski definition) is 2. The first kappa shape index (κ1) is 13.4. The van der Waals surface area contributed by atoms with Crippen molar-refractivity contribution in [1.29, 1.82) is 0 Å². The normalized spacial score (nSPS) is 15.1. The average Bonchev–Trinajstić information content (AvgIpc) is 2.18. The quantitative estimate of drug-likeness (QED) is 0.658. The molecule has 0 aromatic rings. The Bertz CT molecular complexity index is 158. The Hall–Kier alpha value is -0.570. The van der Waals surface area contributed by atoms with Gasteiger partial charge in [0, 0.05) is 13.7 Å². The number of methoxy groups -OCH3 is 1. The second kappa shape index (κ2) is 6.82. The van der Waals surface area contributed by atoms with Crippen molar-refractivity contribution in [2.24, 2.45) is 5.41 Å². The van der Waals surface area contributed by atoms with E-state index < -0.39 is 11.4 Å². The van der Waals surface area contributed by atoms with Gasteiger partial charge in [0.2, 0.25) is 0 Å². The molecule has 1 atom stereocenters. The minimum absolute atomic E-state index is 0.532. The monoisotopic (exact) mass is 202 g/mol. The number of ether oxygens (including phenoxy) is 1. The predicted octanol–water partition coefficient (Wildman–Crippen LogP) is 2.69. The van der Waals surface area contributed by atoms with E-state index in [4.69, 9.17) is 4.74 Å². The molecule has 1 N–H and O–H groups in total. The van der Waals surface area contributed by atoms with Gasteiger partial charge in [-0.3, -0.25) is 4.79 Å². The Labute approximate surface area is 86.5 Å². The summed E-state index contributed by atoms with van der Waals surface area (Å²) in [4.78, 5) is 11.2. The summed E-state index contributed by atoms with van der Waals surface area (Å²) in [7, 11) is 1.61. The van der Waals surface area contributed by atoms with Crippen molar-refractivity contribution in [3.8, 4) is 0 Å². The van der Waals surface area contributed by atoms with E-state index in [0.29, 0.717) is 19.4 Å². The summed E-state index contributed by atoms with van der Waals surface area (Å²) in [5, 5.41) is 9.22. The van der Waals surface area contributed by atoms with Gasteiger partial charge in [-0.05, 0) is 19.3 Å². The molecule has 3 nitrogen and oxygen atoms in total. The van der Waals surface area contributed by atoms with Gasteiger partial charge in [0.05, 0.1) is 5.41 Å². The largest absolute Gasteiger partial charge is 0.481 e. The Morgan fingerprint density at radius 3 is 2.36 bits per heavy atom. The fourth-order valence-corrected chi connectivity index (χ4v) is 1.66. The van der Waals surface area contributed by atoms with Crippen LogP contribution in [-0.4, -0.2) is 24.8 Å². The number of carbonyl (C=O) groups is 1. The second-order valence-electron chi connectivity index (χ2n) is 3.79. The van der Waals surface area contributed by atoms with Crippen LogP contribution >= 0.6 is 0 Å². The van der Waals surface area contributed by atoms with Gasteiger partial charge in [0.25, 0.3) is 0 Å². The molecule has 0 radical (unpaired) electrons. The number of hydrogen-bond donors (Lipinski definition) is 1. The summed E-state index contributed by atoms with van der Waals surface area (Å²) in [6, 6.07) is 0. The minimum atomic E-state index is -0.675. The molecule has 0 aliphatic heterocycles. The van der Waals surface area contributed by atoms with E-state index in [1.807, 2.05) is 6.92 Å². The lowest BCUT2D eigenvalue weighted by Gasteiger charge is -2.27. The van der Waals surface area contributed by atoms with E-state index in [2.05, 4.69) is 6.92 Å². The SMILES string of the molecule is CCCCC(CC)(CCOC)C(=O)O. The Balaban J connectivity index is 4.35. The Morgan fingerprint density at radius 2 is 2.00 bits per heavy atom. The van der Waals surface area contributed by atoms with E-state index in [9.17, 15) is 9.90 Å². The lowest BCUT2D eigenvalue weighted by atomic mass is 9.77. The molecule has 0 rings (SSSR count). The maximum atomic E-state index is 11.2. The van der Waals surface area contributed by atoms with Crippen LogP contribution in [0.25, 0.3) is 0 Å². The molecular formula is C11H22O3. The molecule has 0 aliphatic rings. The lowest BCUT2D eigenvalue weighted by Crippen LogP contribution is -2.31. The summed E-state index contributed by atoms with van der Waals surface area (Å²) in [5.74, 6) is -0.675. The highest BCUT2D eigenvalue weighted by atomic mass is 16.5. The molecule has 14 heavy (non-hydrogen) atoms. The zero-order valence-electron chi connectivity index (χ0n) is 9.51. The fourth-order valence-electron chi connectivity index (χ4n) is 1.66. The first-order valence-electron chi connectivity index (χ1n) is 5.35. The van der Waals surface area contributed by atoms with Crippen molar-refractivity contribution in [2.75, 3.05) is 13.7 Å². The van der Waals surface area contributed by atoms with Crippen molar-refractivity contribution in [1.82, 2.24) is 0 Å². The van der Waals surface area contributed by atoms with Crippen molar-refractivity contribution in [3.05, 3.63) is 0 Å². The van der Waals surface area contributed by atoms with Gasteiger partial charge in [-0.15, -0.1) is 0 Å². The summed E-state index contributed by atoms with van der Waals surface area (Å²) in [5.41, 5.74) is -0.563. The average molecular weight is 202 g/mol. The molecule has 0 fully saturated rings. The highest BCUT2D eigenvalue weighted by Crippen LogP contribution is 2.33. The minimum Gasteiger partial charge on any atom is -0.481 e. The predicted molar refractivity (Wildman–Crippen MR) is 56.4 cm³/mol. The third-order valence-electron chi connectivity index (χ3n) is 2.92. The van der Waals surface area contributed by atoms with Gasteiger partial charge in [0.1, 0.15) is 0 Å². The van der Waals surface area contributed by atoms with Gasteiger partial charge in [-0.25, -0.2) is 0 Å². The van der Waals surface area contributed by atoms with Crippen LogP contribution in [0.3, 0.4) is 0 Å². The lowest BCUT2D eigenvalue weighted by molar-refractivity contribution is -0.151. The molecule has 3 heteroatoms. The number of aliphatic carboxylic acids is 1. The smallest absolute Gasteiger partial charge is 0.309 e. The van der Waals surface area contributed by atoms with Gasteiger partial charge in [0.15, 0.2) is 0 Å². The zero-order chi connectivity index (χ0) is 11.0. The molecule has 0 heterocycles. The van der Waals surface area contributed by atoms with Crippen LogP contribution in [0.5, 0.6) is 0 Å². The van der Waals surface area contributed by atoms with Gasteiger partial charge in [-0.1, -0.05) is 26.7 Å². The number of carboxylic acid groups (broad SMARTS) is 1. The van der Waals surface area contributed by atoms with E-state index in [0.717, 1.165) is 19.3 Å². The molecule has 1 unspecified atom stereocenters. The molecule has 0 saturated heterocycles. The fraction of sp³-hybridized carbons (Fsp3) is 0.909. The first-order chi connectivity index (χ1) is 6.63. The standard InChI is InChI=1S/C11H22O3/c1-4-6-7-11(5-2,10(12)13)8-9-14-3/h4-9H2,1-3H3,(H,12,13). The molecular weight excluding hydrogens is 180 g/mol. The van der Waals surface area contributed by atoms with Crippen LogP contribution in [0.2, 0.25) is 0 Å². The third kappa shape index (κ3) is 3.66. The van der Waals surface area contributed by atoms with Crippen LogP contribution < -0.4 is 0 Å². The van der Waals surface area contributed by atoms with E-state index in [-0.39, 0.29) is 0 Å². The Kier molecular flexibility index (Phi) is 6.54. The number of unbranched alkanes of at least 4 members (excludes halogenated alkanes) is 1. The highest BCUT2D eigenvalue weighted by molar-refractivity contribution is 5.74. The van der Waals surface area contributed by atoms with Crippen LogP contribution in [0.15, 0.2) is 0 Å². The van der Waals surface area contributed by atoms with E-state index in [1.54, 1.807) is 7.11 Å². The molecule has 0 aromatic heterocycles. The van der Waals surface area contributed by atoms with Crippen LogP contribution in [-0.2, 0) is 9.53 Å². The molecule has 0 aliphatic carbocycles. The highest BCUT2D eigenvalue weighted by Gasteiger charge is 2.35. The summed E-state index contributed by atoms with van der Waals surface area (Å²) >= 11 is 0. The summed E-state index contributed by atoms with van der Waals surface area (Å²) in [6.45, 7) is 4.56. The van der Waals surface area contributed by atoms with Crippen molar-refractivity contribution < 1.29 is 14.6 Å². The van der Waals surface area contributed by atoms with Gasteiger partial charge in [-0.2, -0.15) is 0 Å². The topological polar surface area (TPSA) is 46.5 Å². The molecule has 0 bridgehead atoms. The van der Waals surface area contributed by atoms with Crippen molar-refractivity contribution in [3.63, 3.8) is 0 Å². The van der Waals surface area contributed by atoms with Gasteiger partial charge >= 0.3 is 5.97 Å². The van der Waals surface area contributed by atoms with Crippen molar-refractivity contribution in [2.45, 2.75) is 46.0 Å². The molecule has 0 saturated carbocycles. The summed E-state index contributed by atoms with van der Waals surface area (Å²) < 4.78 is 4.97. The molecule has 0 spiro atoms. The molecule has 0 aromatic carbocycles. The number of rotatable bonds is 8. The van der Waals surface area contributed by atoms with E-state index in [1.165, 1.54) is 0 Å². The number of carboxylic acids is 1. The Morgan fingerprint density at radius 1 is 1.36 bits per heavy atom. The van der Waals surface area contributed by atoms with Crippen LogP contribution in [0, 0.1) is 5.41 Å². The zero-order valence-corrected chi connectivity index (χ0v) is 9.51. The second-order valence-corrected chi connectivity index (χ2v) is 3.79. The maximum absolute atomic E-state index is 11.2. The van der Waals surface area contributed by atoms with E-state index >= 15 is 0 Å². The van der Waals surface area contributed by atoms with Gasteiger partial charge < -0.3 is 9.84 Å². The van der Waals surface area contributed by atoms with Crippen molar-refractivity contribution >= 4 is 5.97 Å². The first-order valence-corrected chi connectivity index (χ1v) is 5.35. The summed E-state index contributed by atoms with van der Waals surface area (Å²) in [6.07, 6.45) is 4.09. The molecule has 0 amide bonds. The van der Waals surface area contributed by atoms with Crippen LogP contribution in [0.1, 0.15) is 46.0 Å². The van der Waals surface area contributed by atoms with Crippen LogP contribution in [0.4, 0.5) is 0 Å².